The summed E-state index contributed by atoms with van der Waals surface area (Å²) < 4.78 is 30.6. The predicted octanol–water partition coefficient (Wildman–Crippen LogP) is 4.31. The number of amides is 1. The van der Waals surface area contributed by atoms with Crippen molar-refractivity contribution in [2.75, 3.05) is 46.3 Å². The Bertz CT molecular complexity index is 1990. The minimum Gasteiger partial charge on any atom is -0.338 e. The van der Waals surface area contributed by atoms with Crippen LogP contribution in [0.25, 0.3) is 11.0 Å². The first-order valence-electron chi connectivity index (χ1n) is 15.7. The van der Waals surface area contributed by atoms with Gasteiger partial charge in [-0.15, -0.1) is 0 Å². The number of nitrogens with zero attached hydrogens (tertiary/aromatic N) is 6. The molecular formula is C35H37ClN6O4S. The molecule has 2 unspecified atom stereocenters. The predicted molar refractivity (Wildman–Crippen MR) is 182 cm³/mol. The van der Waals surface area contributed by atoms with Crippen molar-refractivity contribution < 1.29 is 13.2 Å². The van der Waals surface area contributed by atoms with E-state index >= 15 is 0 Å². The van der Waals surface area contributed by atoms with Gasteiger partial charge in [0.2, 0.25) is 9.84 Å². The van der Waals surface area contributed by atoms with Crippen LogP contribution in [0, 0.1) is 11.3 Å². The van der Waals surface area contributed by atoms with E-state index in [1.54, 1.807) is 24.3 Å². The fourth-order valence-corrected chi connectivity index (χ4v) is 8.51. The van der Waals surface area contributed by atoms with E-state index in [0.717, 1.165) is 43.6 Å². The number of sulfone groups is 1. The lowest BCUT2D eigenvalue weighted by atomic mass is 10.0. The summed E-state index contributed by atoms with van der Waals surface area (Å²) in [7, 11) is -2.08. The number of rotatable bonds is 8. The number of aromatic nitrogens is 2. The number of benzene rings is 3. The van der Waals surface area contributed by atoms with Crippen LogP contribution < -0.4 is 5.69 Å². The van der Waals surface area contributed by atoms with Gasteiger partial charge in [0.1, 0.15) is 6.04 Å². The number of likely N-dealkylation sites (tertiary alicyclic amines) is 1. The van der Waals surface area contributed by atoms with E-state index in [1.165, 1.54) is 41.0 Å². The number of halogens is 1. The molecule has 3 heterocycles. The first-order chi connectivity index (χ1) is 22.6. The van der Waals surface area contributed by atoms with Gasteiger partial charge in [-0.3, -0.25) is 18.8 Å². The third kappa shape index (κ3) is 6.26. The molecule has 0 radical (unpaired) electrons. The van der Waals surface area contributed by atoms with Crippen molar-refractivity contribution >= 4 is 38.4 Å². The standard InChI is InChI=1S/C35H37ClN6O4S/c1-3-32(47(45,46)29-12-9-25(24-37)10-13-29)41-31-23-27(36)11-14-30(31)42(35(41)44)33(26-7-5-4-6-8-26)34(43)40-21-19-39(20-22-40)28-15-17-38(2)18-16-28/h3-14,23,28,32-33H,1,15-22H2,2H3. The van der Waals surface area contributed by atoms with E-state index in [4.69, 9.17) is 11.6 Å². The highest BCUT2D eigenvalue weighted by atomic mass is 35.5. The number of piperazine rings is 1. The molecule has 2 atom stereocenters. The van der Waals surface area contributed by atoms with Crippen LogP contribution in [0.1, 0.15) is 35.4 Å². The summed E-state index contributed by atoms with van der Waals surface area (Å²) in [6.07, 6.45) is 3.40. The summed E-state index contributed by atoms with van der Waals surface area (Å²) in [5, 5.41) is 7.99. The molecule has 244 valence electrons. The maximum absolute atomic E-state index is 14.6. The van der Waals surface area contributed by atoms with E-state index in [1.807, 2.05) is 29.2 Å². The quantitative estimate of drug-likeness (QED) is 0.257. The van der Waals surface area contributed by atoms with Crippen molar-refractivity contribution in [1.29, 1.82) is 5.26 Å². The van der Waals surface area contributed by atoms with Gasteiger partial charge in [0.15, 0.2) is 5.37 Å². The molecular weight excluding hydrogens is 636 g/mol. The number of fused-ring (bicyclic) bond motifs is 1. The van der Waals surface area contributed by atoms with Crippen LogP contribution in [0.15, 0.2) is 95.1 Å². The molecule has 0 saturated carbocycles. The highest BCUT2D eigenvalue weighted by molar-refractivity contribution is 7.91. The third-order valence-electron chi connectivity index (χ3n) is 9.39. The van der Waals surface area contributed by atoms with Crippen LogP contribution in [0.2, 0.25) is 5.02 Å². The summed E-state index contributed by atoms with van der Waals surface area (Å²) in [4.78, 5) is 35.7. The van der Waals surface area contributed by atoms with Crippen molar-refractivity contribution in [1.82, 2.24) is 23.8 Å². The fraction of sp³-hybridized carbons (Fsp3) is 0.343. The first-order valence-corrected chi connectivity index (χ1v) is 17.6. The molecule has 2 fully saturated rings. The van der Waals surface area contributed by atoms with Crippen LogP contribution >= 0.6 is 11.6 Å². The maximum Gasteiger partial charge on any atom is 0.331 e. The molecule has 2 saturated heterocycles. The summed E-state index contributed by atoms with van der Waals surface area (Å²) in [6.45, 7) is 8.44. The molecule has 0 spiro atoms. The van der Waals surface area contributed by atoms with Crippen LogP contribution in [0.5, 0.6) is 0 Å². The van der Waals surface area contributed by atoms with Gasteiger partial charge in [0, 0.05) is 37.2 Å². The van der Waals surface area contributed by atoms with Crippen molar-refractivity contribution in [2.24, 2.45) is 0 Å². The van der Waals surface area contributed by atoms with Crippen molar-refractivity contribution in [3.8, 4) is 6.07 Å². The zero-order valence-corrected chi connectivity index (χ0v) is 27.8. The fourth-order valence-electron chi connectivity index (χ4n) is 6.82. The number of carbonyl (C=O) groups excluding carboxylic acids is 1. The number of nitriles is 1. The number of hydrogen-bond acceptors (Lipinski definition) is 7. The van der Waals surface area contributed by atoms with Gasteiger partial charge in [-0.2, -0.15) is 5.26 Å². The molecule has 0 bridgehead atoms. The molecule has 47 heavy (non-hydrogen) atoms. The molecule has 0 aliphatic carbocycles. The number of imidazole rings is 1. The van der Waals surface area contributed by atoms with Crippen LogP contribution in [-0.2, 0) is 14.6 Å². The third-order valence-corrected chi connectivity index (χ3v) is 11.6. The Morgan fingerprint density at radius 1 is 0.936 bits per heavy atom. The zero-order chi connectivity index (χ0) is 33.3. The minimum absolute atomic E-state index is 0.0746. The summed E-state index contributed by atoms with van der Waals surface area (Å²) in [6, 6.07) is 20.8. The molecule has 10 nitrogen and oxygen atoms in total. The monoisotopic (exact) mass is 672 g/mol. The Morgan fingerprint density at radius 3 is 2.21 bits per heavy atom. The second kappa shape index (κ2) is 13.5. The molecule has 12 heteroatoms. The molecule has 4 aromatic rings. The highest BCUT2D eigenvalue weighted by Crippen LogP contribution is 2.32. The van der Waals surface area contributed by atoms with E-state index in [0.29, 0.717) is 40.8 Å². The van der Waals surface area contributed by atoms with Crippen molar-refractivity contribution in [3.63, 3.8) is 0 Å². The van der Waals surface area contributed by atoms with Gasteiger partial charge in [0.05, 0.1) is 27.6 Å². The SMILES string of the molecule is C=CC(n1c(=O)n(C(C(=O)N2CCN(C3CCN(C)CC3)CC2)c2ccccc2)c2ccc(Cl)cc21)S(=O)(=O)c1ccc(C#N)cc1. The van der Waals surface area contributed by atoms with E-state index in [-0.39, 0.29) is 16.3 Å². The Labute approximate surface area is 279 Å². The lowest BCUT2D eigenvalue weighted by Gasteiger charge is -2.42. The summed E-state index contributed by atoms with van der Waals surface area (Å²) >= 11 is 6.42. The molecule has 1 amide bonds. The largest absolute Gasteiger partial charge is 0.338 e. The van der Waals surface area contributed by atoms with Gasteiger partial charge in [0.25, 0.3) is 5.91 Å². The topological polar surface area (TPSA) is 112 Å². The van der Waals surface area contributed by atoms with Gasteiger partial charge in [-0.1, -0.05) is 54.6 Å². The second-order valence-electron chi connectivity index (χ2n) is 12.2. The zero-order valence-electron chi connectivity index (χ0n) is 26.2. The molecule has 6 rings (SSSR count). The van der Waals surface area contributed by atoms with E-state index in [2.05, 4.69) is 23.4 Å². The van der Waals surface area contributed by atoms with Crippen molar-refractivity contribution in [3.05, 3.63) is 112 Å². The lowest BCUT2D eigenvalue weighted by molar-refractivity contribution is -0.135. The first kappa shape index (κ1) is 32.7. The number of piperidine rings is 1. The van der Waals surface area contributed by atoms with Gasteiger partial charge >= 0.3 is 5.69 Å². The molecule has 2 aliphatic heterocycles. The Morgan fingerprint density at radius 2 is 1.60 bits per heavy atom. The molecule has 3 aromatic carbocycles. The summed E-state index contributed by atoms with van der Waals surface area (Å²) in [5.41, 5.74) is 0.850. The normalized spacial score (nSPS) is 18.1. The van der Waals surface area contributed by atoms with Crippen LogP contribution in [-0.4, -0.2) is 90.5 Å². The van der Waals surface area contributed by atoms with Gasteiger partial charge < -0.3 is 9.80 Å². The van der Waals surface area contributed by atoms with Gasteiger partial charge in [-0.25, -0.2) is 13.2 Å². The van der Waals surface area contributed by atoms with E-state index in [9.17, 15) is 23.3 Å². The Kier molecular flexibility index (Phi) is 9.39. The maximum atomic E-state index is 14.6. The highest BCUT2D eigenvalue weighted by Gasteiger charge is 2.37. The second-order valence-corrected chi connectivity index (χ2v) is 14.7. The number of carbonyl (C=O) groups is 1. The summed E-state index contributed by atoms with van der Waals surface area (Å²) in [5.74, 6) is -0.236. The van der Waals surface area contributed by atoms with Gasteiger partial charge in [-0.05, 0) is 81.0 Å². The lowest BCUT2D eigenvalue weighted by Crippen LogP contribution is -2.55. The molecule has 1 aromatic heterocycles. The smallest absolute Gasteiger partial charge is 0.331 e. The Balaban J connectivity index is 1.42. The van der Waals surface area contributed by atoms with E-state index < -0.39 is 26.9 Å². The minimum atomic E-state index is -4.22. The van der Waals surface area contributed by atoms with Crippen molar-refractivity contribution in [2.45, 2.75) is 35.2 Å². The molecule has 0 N–H and O–H groups in total. The van der Waals surface area contributed by atoms with Crippen LogP contribution in [0.3, 0.4) is 0 Å². The van der Waals surface area contributed by atoms with Crippen LogP contribution in [0.4, 0.5) is 0 Å². The molecule has 2 aliphatic rings. The average Bonchev–Trinajstić information content (AvgIpc) is 3.36. The average molecular weight is 673 g/mol. The number of hydrogen-bond donors (Lipinski definition) is 0. The Hall–Kier alpha value is -4.21.